The van der Waals surface area contributed by atoms with E-state index in [1.54, 1.807) is 4.90 Å². The minimum Gasteiger partial charge on any atom is -0.358 e. The molecular weight excluding hydrogens is 352 g/mol. The van der Waals surface area contributed by atoms with Crippen molar-refractivity contribution in [1.82, 2.24) is 19.5 Å². The van der Waals surface area contributed by atoms with Gasteiger partial charge in [0, 0.05) is 49.3 Å². The van der Waals surface area contributed by atoms with Crippen LogP contribution in [0.3, 0.4) is 0 Å². The summed E-state index contributed by atoms with van der Waals surface area (Å²) in [4.78, 5) is 17.5. The summed E-state index contributed by atoms with van der Waals surface area (Å²) < 4.78 is 24.8. The van der Waals surface area contributed by atoms with Crippen molar-refractivity contribution in [3.8, 4) is 0 Å². The summed E-state index contributed by atoms with van der Waals surface area (Å²) in [6.07, 6.45) is 2.62. The molecule has 0 radical (unpaired) electrons. The van der Waals surface area contributed by atoms with Crippen molar-refractivity contribution >= 4 is 27.0 Å². The third-order valence-electron chi connectivity index (χ3n) is 4.89. The average molecular weight is 378 g/mol. The maximum absolute atomic E-state index is 12.4. The van der Waals surface area contributed by atoms with Crippen molar-refractivity contribution in [3.05, 3.63) is 35.5 Å². The third-order valence-corrected chi connectivity index (χ3v) is 6.19. The van der Waals surface area contributed by atoms with E-state index < -0.39 is 10.0 Å². The number of benzene rings is 1. The lowest BCUT2D eigenvalue weighted by Crippen LogP contribution is -2.43. The Balaban J connectivity index is 1.55. The van der Waals surface area contributed by atoms with E-state index in [0.29, 0.717) is 39.1 Å². The second-order valence-electron chi connectivity index (χ2n) is 6.76. The summed E-state index contributed by atoms with van der Waals surface area (Å²) in [6, 6.07) is 8.03. The van der Waals surface area contributed by atoms with Crippen LogP contribution in [-0.2, 0) is 16.4 Å². The van der Waals surface area contributed by atoms with Gasteiger partial charge in [-0.3, -0.25) is 0 Å². The number of nitrogens with one attached hydrogen (secondary N) is 2. The van der Waals surface area contributed by atoms with E-state index in [0.717, 1.165) is 17.6 Å². The first-order valence-electron chi connectivity index (χ1n) is 8.90. The Morgan fingerprint density at radius 3 is 2.73 bits per heavy atom. The van der Waals surface area contributed by atoms with Crippen LogP contribution in [-0.4, -0.2) is 67.6 Å². The molecule has 142 valence electrons. The van der Waals surface area contributed by atoms with Crippen LogP contribution < -0.4 is 5.32 Å². The lowest BCUT2D eigenvalue weighted by molar-refractivity contribution is 0.200. The zero-order valence-electron chi connectivity index (χ0n) is 15.3. The lowest BCUT2D eigenvalue weighted by Gasteiger charge is -2.21. The first-order chi connectivity index (χ1) is 12.4. The number of aromatic nitrogens is 1. The second kappa shape index (κ2) is 7.67. The smallest absolute Gasteiger partial charge is 0.317 e. The fraction of sp³-hybridized carbons (Fsp3) is 0.500. The quantitative estimate of drug-likeness (QED) is 0.849. The Bertz CT molecular complexity index is 891. The van der Waals surface area contributed by atoms with Gasteiger partial charge in [-0.05, 0) is 31.4 Å². The molecule has 8 heteroatoms. The van der Waals surface area contributed by atoms with E-state index in [1.165, 1.54) is 21.5 Å². The fourth-order valence-corrected chi connectivity index (χ4v) is 4.37. The van der Waals surface area contributed by atoms with Gasteiger partial charge in [0.05, 0.1) is 6.26 Å². The number of hydrogen-bond donors (Lipinski definition) is 2. The molecule has 1 aliphatic heterocycles. The number of rotatable bonds is 4. The third kappa shape index (κ3) is 4.19. The van der Waals surface area contributed by atoms with Gasteiger partial charge in [-0.15, -0.1) is 0 Å². The maximum atomic E-state index is 12.4. The van der Waals surface area contributed by atoms with Crippen molar-refractivity contribution < 1.29 is 13.2 Å². The van der Waals surface area contributed by atoms with Crippen LogP contribution in [0.4, 0.5) is 4.79 Å². The number of fused-ring (bicyclic) bond motifs is 1. The molecule has 2 aromatic rings. The van der Waals surface area contributed by atoms with Crippen molar-refractivity contribution in [1.29, 1.82) is 0 Å². The van der Waals surface area contributed by atoms with Crippen LogP contribution >= 0.6 is 0 Å². The minimum atomic E-state index is -3.20. The number of hydrogen-bond acceptors (Lipinski definition) is 3. The molecule has 0 unspecified atom stereocenters. The summed E-state index contributed by atoms with van der Waals surface area (Å²) >= 11 is 0. The number of amides is 2. The van der Waals surface area contributed by atoms with Crippen LogP contribution in [0.5, 0.6) is 0 Å². The topological polar surface area (TPSA) is 85.5 Å². The molecule has 1 aromatic heterocycles. The Labute approximate surface area is 154 Å². The van der Waals surface area contributed by atoms with Gasteiger partial charge < -0.3 is 15.2 Å². The summed E-state index contributed by atoms with van der Waals surface area (Å²) in [7, 11) is -3.20. The molecule has 2 amide bonds. The van der Waals surface area contributed by atoms with Gasteiger partial charge in [-0.2, -0.15) is 0 Å². The predicted octanol–water partition coefficient (Wildman–Crippen LogP) is 1.70. The second-order valence-corrected chi connectivity index (χ2v) is 8.74. The number of carbonyl (C=O) groups excluding carboxylic acids is 1. The number of aryl methyl sites for hydroxylation is 1. The number of nitrogens with zero attached hydrogens (tertiary/aromatic N) is 2. The Kier molecular flexibility index (Phi) is 5.52. The van der Waals surface area contributed by atoms with Gasteiger partial charge in [0.25, 0.3) is 0 Å². The van der Waals surface area contributed by atoms with Crippen molar-refractivity contribution in [2.75, 3.05) is 39.0 Å². The van der Waals surface area contributed by atoms with E-state index in [-0.39, 0.29) is 6.03 Å². The molecule has 0 saturated carbocycles. The highest BCUT2D eigenvalue weighted by molar-refractivity contribution is 7.88. The van der Waals surface area contributed by atoms with Crippen LogP contribution in [0.15, 0.2) is 24.3 Å². The van der Waals surface area contributed by atoms with Gasteiger partial charge in [0.2, 0.25) is 10.0 Å². The molecule has 1 fully saturated rings. The first kappa shape index (κ1) is 18.7. The highest BCUT2D eigenvalue weighted by Gasteiger charge is 2.23. The SMILES string of the molecule is Cc1[nH]c2ccccc2c1CCNC(=O)N1CCCN(S(C)(=O)=O)CC1. The number of para-hydroxylation sites is 1. The van der Waals surface area contributed by atoms with Gasteiger partial charge in [0.1, 0.15) is 0 Å². The van der Waals surface area contributed by atoms with Gasteiger partial charge >= 0.3 is 6.03 Å². The van der Waals surface area contributed by atoms with Gasteiger partial charge in [0.15, 0.2) is 0 Å². The van der Waals surface area contributed by atoms with Crippen LogP contribution in [0.1, 0.15) is 17.7 Å². The summed E-state index contributed by atoms with van der Waals surface area (Å²) in [5.74, 6) is 0. The van der Waals surface area contributed by atoms with Crippen LogP contribution in [0.25, 0.3) is 10.9 Å². The Morgan fingerprint density at radius 2 is 1.96 bits per heavy atom. The molecule has 26 heavy (non-hydrogen) atoms. The Hall–Kier alpha value is -2.06. The molecule has 0 atom stereocenters. The number of carbonyl (C=O) groups is 1. The predicted molar refractivity (Wildman–Crippen MR) is 103 cm³/mol. The largest absolute Gasteiger partial charge is 0.358 e. The molecule has 1 saturated heterocycles. The number of sulfonamides is 1. The molecule has 1 aromatic carbocycles. The molecule has 0 spiro atoms. The van der Waals surface area contributed by atoms with E-state index in [4.69, 9.17) is 0 Å². The van der Waals surface area contributed by atoms with Gasteiger partial charge in [-0.1, -0.05) is 18.2 Å². The summed E-state index contributed by atoms with van der Waals surface area (Å²) in [5, 5.41) is 4.16. The maximum Gasteiger partial charge on any atom is 0.317 e. The highest BCUT2D eigenvalue weighted by Crippen LogP contribution is 2.21. The summed E-state index contributed by atoms with van der Waals surface area (Å²) in [5.41, 5.74) is 3.46. The normalized spacial score (nSPS) is 16.6. The summed E-state index contributed by atoms with van der Waals surface area (Å²) in [6.45, 7) is 4.42. The lowest BCUT2D eigenvalue weighted by atomic mass is 10.1. The van der Waals surface area contributed by atoms with Crippen LogP contribution in [0.2, 0.25) is 0 Å². The van der Waals surface area contributed by atoms with E-state index in [9.17, 15) is 13.2 Å². The van der Waals surface area contributed by atoms with Crippen molar-refractivity contribution in [2.45, 2.75) is 19.8 Å². The highest BCUT2D eigenvalue weighted by atomic mass is 32.2. The zero-order valence-corrected chi connectivity index (χ0v) is 16.1. The Morgan fingerprint density at radius 1 is 1.19 bits per heavy atom. The average Bonchev–Trinajstić information content (AvgIpc) is 2.76. The molecule has 2 N–H and O–H groups in total. The molecule has 0 bridgehead atoms. The van der Waals surface area contributed by atoms with E-state index in [2.05, 4.69) is 22.4 Å². The molecule has 0 aliphatic carbocycles. The first-order valence-corrected chi connectivity index (χ1v) is 10.7. The minimum absolute atomic E-state index is 0.127. The molecule has 1 aliphatic rings. The number of H-pyrrole nitrogens is 1. The van der Waals surface area contributed by atoms with E-state index in [1.807, 2.05) is 19.1 Å². The van der Waals surface area contributed by atoms with E-state index >= 15 is 0 Å². The monoisotopic (exact) mass is 378 g/mol. The van der Waals surface area contributed by atoms with Gasteiger partial charge in [-0.25, -0.2) is 17.5 Å². The van der Waals surface area contributed by atoms with Crippen LogP contribution in [0, 0.1) is 6.92 Å². The fourth-order valence-electron chi connectivity index (χ4n) is 3.49. The van der Waals surface area contributed by atoms with Crippen molar-refractivity contribution in [2.24, 2.45) is 0 Å². The zero-order chi connectivity index (χ0) is 18.7. The molecule has 7 nitrogen and oxygen atoms in total. The molecule has 2 heterocycles. The molecular formula is C18H26N4O3S. The molecule has 3 rings (SSSR count). The number of aromatic amines is 1. The van der Waals surface area contributed by atoms with Crippen molar-refractivity contribution in [3.63, 3.8) is 0 Å². The number of urea groups is 1. The standard InChI is InChI=1S/C18H26N4O3S/c1-14-15(16-6-3-4-7-17(16)20-14)8-9-19-18(23)21-10-5-11-22(13-12-21)26(2,24)25/h3-4,6-7,20H,5,8-13H2,1-2H3,(H,19,23).